The Balaban J connectivity index is 1.50. The Hall–Kier alpha value is -4.08. The van der Waals surface area contributed by atoms with E-state index in [1.165, 1.54) is 35.0 Å². The lowest BCUT2D eigenvalue weighted by Crippen LogP contribution is -2.50. The molecule has 0 spiro atoms. The number of amides is 2. The van der Waals surface area contributed by atoms with Gasteiger partial charge in [-0.05, 0) is 61.4 Å². The van der Waals surface area contributed by atoms with Crippen LogP contribution in [0.1, 0.15) is 57.9 Å². The molecule has 0 saturated heterocycles. The molecule has 4 heterocycles. The third-order valence-corrected chi connectivity index (χ3v) is 6.83. The lowest BCUT2D eigenvalue weighted by molar-refractivity contribution is 0.0849. The Kier molecular flexibility index (Phi) is 5.80. The van der Waals surface area contributed by atoms with Gasteiger partial charge in [0.1, 0.15) is 11.6 Å². The van der Waals surface area contributed by atoms with Gasteiger partial charge >= 0.3 is 0 Å². The fraction of sp³-hybridized carbons (Fsp3) is 0.320. The number of carbonyl (C=O) groups excluding carboxylic acids is 2. The Morgan fingerprint density at radius 2 is 1.89 bits per heavy atom. The number of fused-ring (bicyclic) bond motifs is 2. The van der Waals surface area contributed by atoms with E-state index in [4.69, 9.17) is 0 Å². The molecule has 3 aromatic rings. The summed E-state index contributed by atoms with van der Waals surface area (Å²) in [5.74, 6) is -1.75. The van der Waals surface area contributed by atoms with Crippen LogP contribution in [-0.2, 0) is 18.6 Å². The molecule has 35 heavy (non-hydrogen) atoms. The first kappa shape index (κ1) is 22.7. The first-order chi connectivity index (χ1) is 16.9. The lowest BCUT2D eigenvalue weighted by atomic mass is 9.77. The second-order valence-electron chi connectivity index (χ2n) is 9.08. The maximum Gasteiger partial charge on any atom is 0.296 e. The number of rotatable bonds is 5. The average Bonchev–Trinajstić information content (AvgIpc) is 3.12. The monoisotopic (exact) mass is 477 g/mol. The molecule has 0 atom stereocenters. The number of nitrogens with zero attached hydrogens (tertiary/aromatic N) is 3. The van der Waals surface area contributed by atoms with Crippen LogP contribution in [0.15, 0.2) is 53.6 Å². The zero-order chi connectivity index (χ0) is 24.6. The molecule has 2 aliphatic heterocycles. The van der Waals surface area contributed by atoms with Gasteiger partial charge in [-0.3, -0.25) is 23.9 Å². The van der Waals surface area contributed by atoms with Gasteiger partial charge in [0, 0.05) is 25.5 Å². The van der Waals surface area contributed by atoms with Crippen molar-refractivity contribution in [3.63, 3.8) is 0 Å². The molecule has 180 valence electrons. The maximum atomic E-state index is 13.1. The first-order valence-electron chi connectivity index (χ1n) is 11.5. The Bertz CT molecular complexity index is 1330. The van der Waals surface area contributed by atoms with Gasteiger partial charge in [0.2, 0.25) is 5.75 Å². The molecule has 1 aromatic carbocycles. The smallest absolute Gasteiger partial charge is 0.296 e. The van der Waals surface area contributed by atoms with Crippen molar-refractivity contribution in [3.8, 4) is 5.75 Å². The highest BCUT2D eigenvalue weighted by atomic mass is 19.1. The number of hydrogen-bond acceptors (Lipinski definition) is 6. The van der Waals surface area contributed by atoms with Crippen LogP contribution < -0.4 is 16.2 Å². The summed E-state index contributed by atoms with van der Waals surface area (Å²) in [5.41, 5.74) is -1.05. The molecule has 2 amide bonds. The van der Waals surface area contributed by atoms with Crippen molar-refractivity contribution in [2.75, 3.05) is 0 Å². The molecular weight excluding hydrogens is 453 g/mol. The number of pyridine rings is 1. The largest absolute Gasteiger partial charge is 0.501 e. The third kappa shape index (κ3) is 4.27. The molecule has 2 bridgehead atoms. The molecule has 10 heteroatoms. The SMILES string of the molecule is O=C(NC12CCC(CC1)Cn1c2nc(C(=O)NCc2ccc(F)cc2)c(O)c1=O)c1cccnc1. The normalized spacial score (nSPS) is 20.5. The number of nitrogens with one attached hydrogen (secondary N) is 2. The molecule has 6 rings (SSSR count). The summed E-state index contributed by atoms with van der Waals surface area (Å²) in [6.45, 7) is 0.417. The first-order valence-corrected chi connectivity index (χ1v) is 11.5. The van der Waals surface area contributed by atoms with Gasteiger partial charge in [0.15, 0.2) is 5.69 Å². The fourth-order valence-electron chi connectivity index (χ4n) is 4.91. The van der Waals surface area contributed by atoms with Crippen molar-refractivity contribution < 1.29 is 19.1 Å². The quantitative estimate of drug-likeness (QED) is 0.518. The van der Waals surface area contributed by atoms with Gasteiger partial charge in [0.05, 0.1) is 11.1 Å². The highest BCUT2D eigenvalue weighted by Crippen LogP contribution is 2.43. The highest BCUT2D eigenvalue weighted by molar-refractivity contribution is 5.95. The average molecular weight is 477 g/mol. The van der Waals surface area contributed by atoms with Crippen LogP contribution in [0.25, 0.3) is 0 Å². The highest BCUT2D eigenvalue weighted by Gasteiger charge is 2.46. The van der Waals surface area contributed by atoms with Crippen molar-refractivity contribution in [1.82, 2.24) is 25.2 Å². The molecule has 1 fully saturated rings. The van der Waals surface area contributed by atoms with Crippen LogP contribution in [0.2, 0.25) is 0 Å². The summed E-state index contributed by atoms with van der Waals surface area (Å²) in [5, 5.41) is 16.3. The zero-order valence-electron chi connectivity index (χ0n) is 18.8. The van der Waals surface area contributed by atoms with Gasteiger partial charge in [-0.2, -0.15) is 0 Å². The lowest BCUT2D eigenvalue weighted by Gasteiger charge is -2.37. The molecule has 3 aliphatic rings. The second-order valence-corrected chi connectivity index (χ2v) is 9.08. The fourth-order valence-corrected chi connectivity index (χ4v) is 4.91. The third-order valence-electron chi connectivity index (χ3n) is 6.83. The Morgan fingerprint density at radius 3 is 2.57 bits per heavy atom. The molecule has 0 radical (unpaired) electrons. The van der Waals surface area contributed by atoms with Crippen LogP contribution in [0, 0.1) is 11.7 Å². The summed E-state index contributed by atoms with van der Waals surface area (Å²) in [7, 11) is 0. The molecule has 1 aliphatic carbocycles. The van der Waals surface area contributed by atoms with Crippen molar-refractivity contribution in [3.05, 3.63) is 87.6 Å². The molecule has 2 aromatic heterocycles. The minimum Gasteiger partial charge on any atom is -0.501 e. The molecule has 9 nitrogen and oxygen atoms in total. The van der Waals surface area contributed by atoms with Crippen molar-refractivity contribution >= 4 is 11.8 Å². The van der Waals surface area contributed by atoms with E-state index in [0.717, 1.165) is 12.8 Å². The van der Waals surface area contributed by atoms with Crippen LogP contribution in [0.5, 0.6) is 5.75 Å². The van der Waals surface area contributed by atoms with Gasteiger partial charge in [-0.15, -0.1) is 0 Å². The van der Waals surface area contributed by atoms with Crippen LogP contribution in [0.3, 0.4) is 0 Å². The number of halogens is 1. The summed E-state index contributed by atoms with van der Waals surface area (Å²) < 4.78 is 14.5. The topological polar surface area (TPSA) is 126 Å². The molecule has 0 unspecified atom stereocenters. The maximum absolute atomic E-state index is 13.1. The Morgan fingerprint density at radius 1 is 1.14 bits per heavy atom. The van der Waals surface area contributed by atoms with E-state index in [-0.39, 0.29) is 24.2 Å². The standard InChI is InChI=1S/C25H24FN5O4/c26-18-5-3-15(4-6-18)12-28-22(34)19-20(32)23(35)31-14-16-7-9-25(10-8-16,24(31)29-19)30-21(33)17-2-1-11-27-13-17/h1-6,11,13,16,32H,7-10,12,14H2,(H,28,34)(H,30,33). The van der Waals surface area contributed by atoms with E-state index < -0.39 is 34.3 Å². The molecule has 3 N–H and O–H groups in total. The summed E-state index contributed by atoms with van der Waals surface area (Å²) in [4.78, 5) is 47.6. The van der Waals surface area contributed by atoms with E-state index in [2.05, 4.69) is 20.6 Å². The predicted octanol–water partition coefficient (Wildman–Crippen LogP) is 2.24. The van der Waals surface area contributed by atoms with Crippen LogP contribution in [-0.4, -0.2) is 31.5 Å². The van der Waals surface area contributed by atoms with Crippen molar-refractivity contribution in [2.45, 2.75) is 44.3 Å². The van der Waals surface area contributed by atoms with E-state index >= 15 is 0 Å². The molecular formula is C25H24FN5O4. The van der Waals surface area contributed by atoms with Crippen LogP contribution in [0.4, 0.5) is 4.39 Å². The van der Waals surface area contributed by atoms with E-state index in [1.807, 2.05) is 0 Å². The van der Waals surface area contributed by atoms with Gasteiger partial charge in [0.25, 0.3) is 17.4 Å². The zero-order valence-corrected chi connectivity index (χ0v) is 18.8. The summed E-state index contributed by atoms with van der Waals surface area (Å²) in [6.07, 6.45) is 5.67. The second kappa shape index (κ2) is 8.94. The van der Waals surface area contributed by atoms with Gasteiger partial charge < -0.3 is 15.7 Å². The number of aromatic nitrogens is 3. The number of carbonyl (C=O) groups is 2. The predicted molar refractivity (Wildman–Crippen MR) is 123 cm³/mol. The van der Waals surface area contributed by atoms with E-state index in [1.54, 1.807) is 18.3 Å². The van der Waals surface area contributed by atoms with E-state index in [9.17, 15) is 23.9 Å². The number of benzene rings is 1. The number of hydrogen-bond donors (Lipinski definition) is 3. The van der Waals surface area contributed by atoms with Crippen molar-refractivity contribution in [1.29, 1.82) is 0 Å². The molecule has 1 saturated carbocycles. The summed E-state index contributed by atoms with van der Waals surface area (Å²) in [6, 6.07) is 8.91. The summed E-state index contributed by atoms with van der Waals surface area (Å²) >= 11 is 0. The van der Waals surface area contributed by atoms with Gasteiger partial charge in [-0.25, -0.2) is 9.37 Å². The van der Waals surface area contributed by atoms with Gasteiger partial charge in [-0.1, -0.05) is 12.1 Å². The van der Waals surface area contributed by atoms with Crippen molar-refractivity contribution in [2.24, 2.45) is 5.92 Å². The minimum absolute atomic E-state index is 0.0591. The van der Waals surface area contributed by atoms with Crippen LogP contribution >= 0.6 is 0 Å². The van der Waals surface area contributed by atoms with E-state index in [0.29, 0.717) is 30.5 Å². The minimum atomic E-state index is -0.960. The Labute approximate surface area is 200 Å². The number of aromatic hydroxyl groups is 1.